The van der Waals surface area contributed by atoms with Crippen molar-refractivity contribution >= 4 is 17.5 Å². The fourth-order valence-corrected chi connectivity index (χ4v) is 4.59. The van der Waals surface area contributed by atoms with Gasteiger partial charge in [0.1, 0.15) is 0 Å². The average molecular weight is 303 g/mol. The molecule has 116 valence electrons. The molecule has 0 radical (unpaired) electrons. The molecule has 2 aliphatic heterocycles. The second kappa shape index (κ2) is 4.29. The molecule has 2 heterocycles. The quantitative estimate of drug-likeness (QED) is 0.799. The van der Waals surface area contributed by atoms with Gasteiger partial charge >= 0.3 is 0 Å². The van der Waals surface area contributed by atoms with Crippen molar-refractivity contribution in [2.45, 2.75) is 42.7 Å². The van der Waals surface area contributed by atoms with Crippen molar-refractivity contribution in [1.29, 1.82) is 0 Å². The molecule has 3 N–H and O–H groups in total. The number of benzene rings is 1. The number of fused-ring (bicyclic) bond motifs is 3. The molecule has 2 unspecified atom stereocenters. The summed E-state index contributed by atoms with van der Waals surface area (Å²) in [5.41, 5.74) is 5.59. The first-order chi connectivity index (χ1) is 10.6. The molecule has 1 aliphatic carbocycles. The minimum Gasteiger partial charge on any atom is -0.368 e. The predicted molar refractivity (Wildman–Crippen MR) is 78.9 cm³/mol. The third-order valence-corrected chi connectivity index (χ3v) is 5.71. The van der Waals surface area contributed by atoms with Gasteiger partial charge in [-0.05, 0) is 37.3 Å². The minimum absolute atomic E-state index is 0.243. The zero-order chi connectivity index (χ0) is 15.5. The molecule has 1 aromatic carbocycles. The topological polar surface area (TPSA) is 75.4 Å². The highest BCUT2D eigenvalue weighted by molar-refractivity contribution is 6.10. The highest BCUT2D eigenvalue weighted by Gasteiger charge is 2.69. The van der Waals surface area contributed by atoms with Crippen molar-refractivity contribution in [2.24, 2.45) is 5.73 Å². The lowest BCUT2D eigenvalue weighted by atomic mass is 9.57. The van der Waals surface area contributed by atoms with Crippen LogP contribution in [0.2, 0.25) is 0 Å². The van der Waals surface area contributed by atoms with Gasteiger partial charge in [-0.1, -0.05) is 18.2 Å². The molecule has 2 atom stereocenters. The third-order valence-electron chi connectivity index (χ3n) is 5.71. The van der Waals surface area contributed by atoms with Gasteiger partial charge in [-0.25, -0.2) is 4.39 Å². The van der Waals surface area contributed by atoms with E-state index in [0.29, 0.717) is 12.1 Å². The Hall–Kier alpha value is -1.95. The van der Waals surface area contributed by atoms with Gasteiger partial charge in [0.05, 0.1) is 17.1 Å². The fraction of sp³-hybridized carbons (Fsp3) is 0.500. The first-order valence-electron chi connectivity index (χ1n) is 7.60. The second-order valence-electron chi connectivity index (χ2n) is 6.51. The number of para-hydroxylation sites is 1. The number of carbonyl (C=O) groups excluding carboxylic acids is 2. The zero-order valence-electron chi connectivity index (χ0n) is 12.1. The minimum atomic E-state index is -0.867. The summed E-state index contributed by atoms with van der Waals surface area (Å²) in [5.74, 6) is -0.695. The van der Waals surface area contributed by atoms with Crippen LogP contribution in [0.15, 0.2) is 24.3 Å². The lowest BCUT2D eigenvalue weighted by molar-refractivity contribution is -0.127. The summed E-state index contributed by atoms with van der Waals surface area (Å²) in [6.07, 6.45) is 2.91. The lowest BCUT2D eigenvalue weighted by Crippen LogP contribution is -2.63. The van der Waals surface area contributed by atoms with E-state index in [1.54, 1.807) is 12.1 Å². The SMILES string of the molecule is NC(=O)C1CC2(C(=O)N(CF)c3ccccc32)C2(CCC2)N1. The molecular weight excluding hydrogens is 285 g/mol. The van der Waals surface area contributed by atoms with Gasteiger partial charge in [-0.2, -0.15) is 0 Å². The van der Waals surface area contributed by atoms with Crippen molar-refractivity contribution in [3.8, 4) is 0 Å². The van der Waals surface area contributed by atoms with E-state index >= 15 is 0 Å². The number of rotatable bonds is 2. The maximum atomic E-state index is 13.5. The van der Waals surface area contributed by atoms with E-state index in [2.05, 4.69) is 5.32 Å². The molecule has 1 saturated heterocycles. The number of hydrogen-bond acceptors (Lipinski definition) is 3. The fourth-order valence-electron chi connectivity index (χ4n) is 4.59. The number of alkyl halides is 1. The van der Waals surface area contributed by atoms with Crippen LogP contribution in [0.3, 0.4) is 0 Å². The van der Waals surface area contributed by atoms with E-state index in [-0.39, 0.29) is 5.91 Å². The summed E-state index contributed by atoms with van der Waals surface area (Å²) in [6, 6.07) is 6.77. The number of nitrogens with two attached hydrogens (primary N) is 1. The molecule has 6 heteroatoms. The average Bonchev–Trinajstić information content (AvgIpc) is 2.96. The van der Waals surface area contributed by atoms with Crippen LogP contribution in [0.25, 0.3) is 0 Å². The number of primary amides is 1. The van der Waals surface area contributed by atoms with Gasteiger partial charge in [0.2, 0.25) is 11.8 Å². The molecule has 4 rings (SSSR count). The summed E-state index contributed by atoms with van der Waals surface area (Å²) in [6.45, 7) is -0.852. The number of carbonyl (C=O) groups is 2. The Labute approximate surface area is 127 Å². The molecule has 5 nitrogen and oxygen atoms in total. The molecule has 22 heavy (non-hydrogen) atoms. The molecule has 1 aromatic rings. The van der Waals surface area contributed by atoms with Crippen LogP contribution < -0.4 is 16.0 Å². The Morgan fingerprint density at radius 3 is 2.73 bits per heavy atom. The largest absolute Gasteiger partial charge is 0.368 e. The van der Waals surface area contributed by atoms with Gasteiger partial charge in [-0.15, -0.1) is 0 Å². The number of halogens is 1. The molecule has 0 bridgehead atoms. The summed E-state index contributed by atoms with van der Waals surface area (Å²) in [7, 11) is 0. The number of nitrogens with one attached hydrogen (secondary N) is 1. The molecule has 2 fully saturated rings. The van der Waals surface area contributed by atoms with Crippen LogP contribution in [0.4, 0.5) is 10.1 Å². The molecule has 1 saturated carbocycles. The van der Waals surface area contributed by atoms with Crippen molar-refractivity contribution in [3.05, 3.63) is 29.8 Å². The monoisotopic (exact) mass is 303 g/mol. The van der Waals surface area contributed by atoms with E-state index in [4.69, 9.17) is 5.73 Å². The van der Waals surface area contributed by atoms with Crippen LogP contribution in [-0.2, 0) is 15.0 Å². The number of hydrogen-bond donors (Lipinski definition) is 2. The van der Waals surface area contributed by atoms with Gasteiger partial charge in [-0.3, -0.25) is 19.8 Å². The maximum absolute atomic E-state index is 13.5. The standard InChI is InChI=1S/C16H18FN3O2/c17-9-20-12-5-2-1-4-10(12)16(14(20)22)8-11(13(18)21)19-15(16)6-3-7-15/h1-2,4-5,11,19H,3,6-9H2,(H2,18,21). The second-order valence-corrected chi connectivity index (χ2v) is 6.51. The van der Waals surface area contributed by atoms with E-state index in [9.17, 15) is 14.0 Å². The van der Waals surface area contributed by atoms with Gasteiger partial charge < -0.3 is 5.73 Å². The molecule has 3 aliphatic rings. The van der Waals surface area contributed by atoms with Gasteiger partial charge in [0, 0.05) is 5.54 Å². The normalized spacial score (nSPS) is 31.6. The smallest absolute Gasteiger partial charge is 0.241 e. The third kappa shape index (κ3) is 1.36. The summed E-state index contributed by atoms with van der Waals surface area (Å²) < 4.78 is 13.5. The number of amides is 2. The van der Waals surface area contributed by atoms with Crippen molar-refractivity contribution < 1.29 is 14.0 Å². The Kier molecular flexibility index (Phi) is 2.67. The lowest BCUT2D eigenvalue weighted by Gasteiger charge is -2.49. The molecule has 2 spiro atoms. The summed E-state index contributed by atoms with van der Waals surface area (Å²) in [5, 5.41) is 3.31. The van der Waals surface area contributed by atoms with Crippen LogP contribution in [0.5, 0.6) is 0 Å². The van der Waals surface area contributed by atoms with E-state index in [0.717, 1.165) is 24.8 Å². The van der Waals surface area contributed by atoms with E-state index < -0.39 is 29.7 Å². The van der Waals surface area contributed by atoms with Crippen LogP contribution in [0.1, 0.15) is 31.2 Å². The van der Waals surface area contributed by atoms with Crippen LogP contribution in [0, 0.1) is 0 Å². The summed E-state index contributed by atoms with van der Waals surface area (Å²) in [4.78, 5) is 26.0. The van der Waals surface area contributed by atoms with E-state index in [1.165, 1.54) is 4.90 Å². The Bertz CT molecular complexity index is 673. The van der Waals surface area contributed by atoms with Crippen LogP contribution >= 0.6 is 0 Å². The first-order valence-corrected chi connectivity index (χ1v) is 7.60. The number of anilines is 1. The highest BCUT2D eigenvalue weighted by atomic mass is 19.1. The zero-order valence-corrected chi connectivity index (χ0v) is 12.1. The highest BCUT2D eigenvalue weighted by Crippen LogP contribution is 2.60. The molecular formula is C16H18FN3O2. The Morgan fingerprint density at radius 1 is 1.41 bits per heavy atom. The van der Waals surface area contributed by atoms with Crippen molar-refractivity contribution in [2.75, 3.05) is 11.7 Å². The molecule has 2 amide bonds. The number of nitrogens with zero attached hydrogens (tertiary/aromatic N) is 1. The van der Waals surface area contributed by atoms with Gasteiger partial charge in [0.25, 0.3) is 0 Å². The van der Waals surface area contributed by atoms with Crippen molar-refractivity contribution in [3.63, 3.8) is 0 Å². The van der Waals surface area contributed by atoms with Crippen LogP contribution in [-0.4, -0.2) is 30.2 Å². The molecule has 0 aromatic heterocycles. The van der Waals surface area contributed by atoms with Crippen molar-refractivity contribution in [1.82, 2.24) is 5.32 Å². The van der Waals surface area contributed by atoms with E-state index in [1.807, 2.05) is 12.1 Å². The Balaban J connectivity index is 1.92. The first kappa shape index (κ1) is 13.7. The summed E-state index contributed by atoms with van der Waals surface area (Å²) >= 11 is 0. The maximum Gasteiger partial charge on any atom is 0.241 e. The predicted octanol–water partition coefficient (Wildman–Crippen LogP) is 0.968. The van der Waals surface area contributed by atoms with Gasteiger partial charge in [0.15, 0.2) is 6.80 Å². The Morgan fingerprint density at radius 2 is 2.14 bits per heavy atom.